The molecule has 0 aromatic carbocycles. The van der Waals surface area contributed by atoms with Crippen LogP contribution in [0.4, 0.5) is 0 Å². The van der Waals surface area contributed by atoms with Crippen LogP contribution in [0.25, 0.3) is 0 Å². The summed E-state index contributed by atoms with van der Waals surface area (Å²) in [5.74, 6) is 2.44. The maximum Gasteiger partial charge on any atom is 0.0698 e. The Morgan fingerprint density at radius 2 is 2.38 bits per heavy atom. The van der Waals surface area contributed by atoms with Crippen LogP contribution < -0.4 is 5.73 Å². The molecule has 0 aromatic rings. The highest BCUT2D eigenvalue weighted by molar-refractivity contribution is 7.99. The lowest BCUT2D eigenvalue weighted by molar-refractivity contribution is 0.0155. The number of hydrogen-bond acceptors (Lipinski definition) is 4. The van der Waals surface area contributed by atoms with Gasteiger partial charge in [-0.25, -0.2) is 0 Å². The molecule has 2 unspecified atom stereocenters. The van der Waals surface area contributed by atoms with Crippen LogP contribution in [0.3, 0.4) is 0 Å². The monoisotopic (exact) mass is 246 g/mol. The fourth-order valence-electron chi connectivity index (χ4n) is 2.30. The minimum absolute atomic E-state index is 0.418. The van der Waals surface area contributed by atoms with Gasteiger partial charge >= 0.3 is 0 Å². The van der Waals surface area contributed by atoms with Crippen molar-refractivity contribution in [3.05, 3.63) is 0 Å². The second-order valence-electron chi connectivity index (χ2n) is 4.37. The first-order valence-corrected chi connectivity index (χ1v) is 7.52. The summed E-state index contributed by atoms with van der Waals surface area (Å²) < 4.78 is 5.45. The fraction of sp³-hybridized carbons (Fsp3) is 1.00. The van der Waals surface area contributed by atoms with E-state index in [0.717, 1.165) is 13.1 Å². The van der Waals surface area contributed by atoms with E-state index < -0.39 is 0 Å². The molecule has 0 saturated carbocycles. The lowest BCUT2D eigenvalue weighted by Crippen LogP contribution is -2.48. The predicted molar refractivity (Wildman–Crippen MR) is 72.1 cm³/mol. The van der Waals surface area contributed by atoms with Crippen LogP contribution in [-0.4, -0.2) is 55.3 Å². The first-order chi connectivity index (χ1) is 7.81. The third-order valence-electron chi connectivity index (χ3n) is 3.33. The van der Waals surface area contributed by atoms with Crippen molar-refractivity contribution in [2.45, 2.75) is 38.3 Å². The van der Waals surface area contributed by atoms with Crippen molar-refractivity contribution < 1.29 is 4.74 Å². The molecule has 0 aliphatic carbocycles. The Morgan fingerprint density at radius 3 is 3.00 bits per heavy atom. The molecule has 1 fully saturated rings. The van der Waals surface area contributed by atoms with Gasteiger partial charge in [-0.3, -0.25) is 4.90 Å². The van der Waals surface area contributed by atoms with Crippen molar-refractivity contribution >= 4 is 11.8 Å². The average molecular weight is 246 g/mol. The summed E-state index contributed by atoms with van der Waals surface area (Å²) in [7, 11) is 1.82. The van der Waals surface area contributed by atoms with Gasteiger partial charge in [-0.15, -0.1) is 0 Å². The van der Waals surface area contributed by atoms with E-state index in [4.69, 9.17) is 10.5 Å². The summed E-state index contributed by atoms with van der Waals surface area (Å²) in [5, 5.41) is 0. The quantitative estimate of drug-likeness (QED) is 0.692. The summed E-state index contributed by atoms with van der Waals surface area (Å²) in [6.07, 6.45) is 4.08. The number of ether oxygens (including phenoxy) is 1. The number of thioether (sulfide) groups is 1. The third kappa shape index (κ3) is 4.62. The molecule has 0 spiro atoms. The Hall–Kier alpha value is 0.230. The molecule has 96 valence electrons. The largest absolute Gasteiger partial charge is 0.380 e. The Balaban J connectivity index is 2.32. The Labute approximate surface area is 104 Å². The molecule has 1 heterocycles. The van der Waals surface area contributed by atoms with Crippen LogP contribution in [0.15, 0.2) is 0 Å². The molecular formula is C12H26N2OS. The second-order valence-corrected chi connectivity index (χ2v) is 5.76. The van der Waals surface area contributed by atoms with Gasteiger partial charge in [0.2, 0.25) is 0 Å². The molecule has 2 atom stereocenters. The molecule has 0 bridgehead atoms. The van der Waals surface area contributed by atoms with Crippen molar-refractivity contribution in [2.75, 3.05) is 38.2 Å². The third-order valence-corrected chi connectivity index (χ3v) is 4.26. The summed E-state index contributed by atoms with van der Waals surface area (Å²) >= 11 is 2.01. The van der Waals surface area contributed by atoms with Crippen molar-refractivity contribution in [3.63, 3.8) is 0 Å². The van der Waals surface area contributed by atoms with Gasteiger partial charge in [0.05, 0.1) is 6.10 Å². The van der Waals surface area contributed by atoms with E-state index in [1.165, 1.54) is 37.3 Å². The maximum absolute atomic E-state index is 5.88. The van der Waals surface area contributed by atoms with Crippen LogP contribution in [0, 0.1) is 0 Å². The molecule has 4 heteroatoms. The van der Waals surface area contributed by atoms with Gasteiger partial charge in [-0.2, -0.15) is 11.8 Å². The van der Waals surface area contributed by atoms with Crippen molar-refractivity contribution in [1.29, 1.82) is 0 Å². The standard InChI is InChI=1S/C12H26N2OS/c1-3-16-8-6-11(9-13)14-7-4-5-12(10-14)15-2/h11-12H,3-10,13H2,1-2H3. The van der Waals surface area contributed by atoms with Crippen LogP contribution >= 0.6 is 11.8 Å². The number of hydrogen-bond donors (Lipinski definition) is 1. The smallest absolute Gasteiger partial charge is 0.0698 e. The van der Waals surface area contributed by atoms with Gasteiger partial charge in [-0.1, -0.05) is 6.92 Å². The number of nitrogens with two attached hydrogens (primary N) is 1. The molecule has 3 nitrogen and oxygen atoms in total. The predicted octanol–water partition coefficient (Wildman–Crippen LogP) is 1.57. The number of nitrogens with zero attached hydrogens (tertiary/aromatic N) is 1. The first kappa shape index (κ1) is 14.3. The summed E-state index contributed by atoms with van der Waals surface area (Å²) in [4.78, 5) is 2.52. The van der Waals surface area contributed by atoms with Gasteiger partial charge in [0.25, 0.3) is 0 Å². The summed E-state index contributed by atoms with van der Waals surface area (Å²) in [6, 6.07) is 0.553. The molecule has 1 aliphatic heterocycles. The Bertz CT molecular complexity index is 180. The number of rotatable bonds is 7. The normalized spacial score (nSPS) is 24.6. The van der Waals surface area contributed by atoms with E-state index in [2.05, 4.69) is 11.8 Å². The maximum atomic E-state index is 5.88. The van der Waals surface area contributed by atoms with Gasteiger partial charge in [0.1, 0.15) is 0 Å². The highest BCUT2D eigenvalue weighted by atomic mass is 32.2. The molecule has 0 radical (unpaired) electrons. The molecule has 16 heavy (non-hydrogen) atoms. The van der Waals surface area contributed by atoms with E-state index in [1.807, 2.05) is 18.9 Å². The average Bonchev–Trinajstić information content (AvgIpc) is 2.35. The van der Waals surface area contributed by atoms with Crippen LogP contribution in [-0.2, 0) is 4.74 Å². The van der Waals surface area contributed by atoms with Crippen molar-refractivity contribution in [1.82, 2.24) is 4.90 Å². The van der Waals surface area contributed by atoms with Gasteiger partial charge < -0.3 is 10.5 Å². The molecular weight excluding hydrogens is 220 g/mol. The van der Waals surface area contributed by atoms with Crippen LogP contribution in [0.1, 0.15) is 26.2 Å². The number of piperidine rings is 1. The van der Waals surface area contributed by atoms with Crippen LogP contribution in [0.2, 0.25) is 0 Å². The molecule has 1 rings (SSSR count). The molecule has 0 amide bonds. The van der Waals surface area contributed by atoms with Gasteiger partial charge in [0, 0.05) is 26.2 Å². The minimum atomic E-state index is 0.418. The van der Waals surface area contributed by atoms with E-state index >= 15 is 0 Å². The highest BCUT2D eigenvalue weighted by Gasteiger charge is 2.24. The van der Waals surface area contributed by atoms with Gasteiger partial charge in [-0.05, 0) is 37.3 Å². The number of likely N-dealkylation sites (tertiary alicyclic amines) is 1. The summed E-state index contributed by atoms with van der Waals surface area (Å²) in [5.41, 5.74) is 5.88. The van der Waals surface area contributed by atoms with E-state index in [9.17, 15) is 0 Å². The minimum Gasteiger partial charge on any atom is -0.380 e. The summed E-state index contributed by atoms with van der Waals surface area (Å²) in [6.45, 7) is 5.25. The molecule has 2 N–H and O–H groups in total. The zero-order chi connectivity index (χ0) is 11.8. The highest BCUT2D eigenvalue weighted by Crippen LogP contribution is 2.17. The first-order valence-electron chi connectivity index (χ1n) is 6.36. The second kappa shape index (κ2) is 8.34. The SMILES string of the molecule is CCSCCC(CN)N1CCCC(OC)C1. The molecule has 0 aromatic heterocycles. The van der Waals surface area contributed by atoms with Crippen LogP contribution in [0.5, 0.6) is 0 Å². The fourth-order valence-corrected chi connectivity index (χ4v) is 3.03. The molecule has 1 saturated heterocycles. The molecule has 1 aliphatic rings. The Kier molecular flexibility index (Phi) is 7.45. The lowest BCUT2D eigenvalue weighted by atomic mass is 10.0. The van der Waals surface area contributed by atoms with Gasteiger partial charge in [0.15, 0.2) is 0 Å². The van der Waals surface area contributed by atoms with E-state index in [1.54, 1.807) is 0 Å². The van der Waals surface area contributed by atoms with Crippen molar-refractivity contribution in [3.8, 4) is 0 Å². The van der Waals surface area contributed by atoms with E-state index in [-0.39, 0.29) is 0 Å². The Morgan fingerprint density at radius 1 is 1.56 bits per heavy atom. The lowest BCUT2D eigenvalue weighted by Gasteiger charge is -2.37. The van der Waals surface area contributed by atoms with Crippen molar-refractivity contribution in [2.24, 2.45) is 5.73 Å². The number of methoxy groups -OCH3 is 1. The topological polar surface area (TPSA) is 38.5 Å². The van der Waals surface area contributed by atoms with E-state index in [0.29, 0.717) is 12.1 Å². The zero-order valence-corrected chi connectivity index (χ0v) is 11.5. The zero-order valence-electron chi connectivity index (χ0n) is 10.7.